The third-order valence-corrected chi connectivity index (χ3v) is 2.61. The lowest BCUT2D eigenvalue weighted by Crippen LogP contribution is -2.34. The summed E-state index contributed by atoms with van der Waals surface area (Å²) >= 11 is 0. The quantitative estimate of drug-likeness (QED) is 0.763. The van der Waals surface area contributed by atoms with Crippen molar-refractivity contribution in [3.05, 3.63) is 18.3 Å². The van der Waals surface area contributed by atoms with Gasteiger partial charge in [0.1, 0.15) is 0 Å². The molecule has 1 atom stereocenters. The van der Waals surface area contributed by atoms with Gasteiger partial charge in [-0.1, -0.05) is 20.8 Å². The molecular formula is C13H23N3O. The Morgan fingerprint density at radius 2 is 2.24 bits per heavy atom. The molecular weight excluding hydrogens is 214 g/mol. The number of nitrogens with two attached hydrogens (primary N) is 1. The van der Waals surface area contributed by atoms with Crippen LogP contribution in [-0.4, -0.2) is 24.2 Å². The van der Waals surface area contributed by atoms with Crippen LogP contribution in [0.1, 0.15) is 27.2 Å². The third kappa shape index (κ3) is 4.23. The van der Waals surface area contributed by atoms with E-state index in [-0.39, 0.29) is 6.04 Å². The molecule has 1 aromatic heterocycles. The van der Waals surface area contributed by atoms with Gasteiger partial charge in [0.25, 0.3) is 0 Å². The summed E-state index contributed by atoms with van der Waals surface area (Å²) in [6.07, 6.45) is 2.74. The van der Waals surface area contributed by atoms with Crippen molar-refractivity contribution < 1.29 is 4.74 Å². The van der Waals surface area contributed by atoms with Crippen LogP contribution >= 0.6 is 0 Å². The number of ether oxygens (including phenoxy) is 1. The van der Waals surface area contributed by atoms with E-state index < -0.39 is 0 Å². The van der Waals surface area contributed by atoms with E-state index >= 15 is 0 Å². The number of hydrogen-bond acceptors (Lipinski definition) is 4. The van der Waals surface area contributed by atoms with Gasteiger partial charge in [0.15, 0.2) is 11.6 Å². The van der Waals surface area contributed by atoms with Crippen LogP contribution in [0.3, 0.4) is 0 Å². The second kappa shape index (κ2) is 7.12. The van der Waals surface area contributed by atoms with Gasteiger partial charge in [0, 0.05) is 18.8 Å². The van der Waals surface area contributed by atoms with Crippen LogP contribution in [0.25, 0.3) is 0 Å². The van der Waals surface area contributed by atoms with Gasteiger partial charge in [0.2, 0.25) is 0 Å². The highest BCUT2D eigenvalue weighted by molar-refractivity contribution is 5.50. The Bertz CT molecular complexity index is 328. The average Bonchev–Trinajstić information content (AvgIpc) is 2.34. The van der Waals surface area contributed by atoms with Crippen molar-refractivity contribution in [3.8, 4) is 5.75 Å². The summed E-state index contributed by atoms with van der Waals surface area (Å²) in [5.74, 6) is 2.04. The van der Waals surface area contributed by atoms with Crippen LogP contribution in [-0.2, 0) is 0 Å². The van der Waals surface area contributed by atoms with Gasteiger partial charge in [-0.05, 0) is 24.5 Å². The molecule has 3 N–H and O–H groups in total. The Kier molecular flexibility index (Phi) is 5.77. The highest BCUT2D eigenvalue weighted by Gasteiger charge is 2.14. The number of aromatic nitrogens is 1. The maximum Gasteiger partial charge on any atom is 0.169 e. The number of anilines is 1. The van der Waals surface area contributed by atoms with E-state index in [1.807, 2.05) is 12.1 Å². The van der Waals surface area contributed by atoms with Crippen molar-refractivity contribution in [1.29, 1.82) is 0 Å². The first kappa shape index (κ1) is 13.8. The fourth-order valence-corrected chi connectivity index (χ4v) is 1.50. The average molecular weight is 237 g/mol. The smallest absolute Gasteiger partial charge is 0.169 e. The molecule has 1 unspecified atom stereocenters. The fraction of sp³-hybridized carbons (Fsp3) is 0.615. The second-order valence-electron chi connectivity index (χ2n) is 4.43. The predicted molar refractivity (Wildman–Crippen MR) is 71.3 cm³/mol. The van der Waals surface area contributed by atoms with E-state index in [0.29, 0.717) is 19.1 Å². The van der Waals surface area contributed by atoms with Crippen molar-refractivity contribution in [2.24, 2.45) is 11.7 Å². The van der Waals surface area contributed by atoms with Crippen LogP contribution in [0.4, 0.5) is 5.82 Å². The third-order valence-electron chi connectivity index (χ3n) is 2.61. The molecule has 0 bridgehead atoms. The summed E-state index contributed by atoms with van der Waals surface area (Å²) < 4.78 is 5.65. The summed E-state index contributed by atoms with van der Waals surface area (Å²) in [6.45, 7) is 7.65. The predicted octanol–water partition coefficient (Wildman–Crippen LogP) is 2.27. The standard InChI is InChI=1S/C13H23N3O/c1-4-8-17-12-6-5-7-15-13(12)16-11(9-14)10(2)3/h5-7,10-11H,4,8-9,14H2,1-3H3,(H,15,16). The van der Waals surface area contributed by atoms with Crippen molar-refractivity contribution in [1.82, 2.24) is 4.98 Å². The molecule has 1 rings (SSSR count). The summed E-state index contributed by atoms with van der Waals surface area (Å²) in [5.41, 5.74) is 5.74. The molecule has 0 aliphatic rings. The molecule has 0 radical (unpaired) electrons. The highest BCUT2D eigenvalue weighted by Crippen LogP contribution is 2.22. The van der Waals surface area contributed by atoms with E-state index in [1.165, 1.54) is 0 Å². The van der Waals surface area contributed by atoms with Crippen LogP contribution < -0.4 is 15.8 Å². The monoisotopic (exact) mass is 237 g/mol. The Hall–Kier alpha value is -1.29. The minimum Gasteiger partial charge on any atom is -0.490 e. The van der Waals surface area contributed by atoms with Gasteiger partial charge in [-0.25, -0.2) is 4.98 Å². The zero-order valence-electron chi connectivity index (χ0n) is 10.9. The van der Waals surface area contributed by atoms with Crippen LogP contribution in [0, 0.1) is 5.92 Å². The molecule has 0 aromatic carbocycles. The first-order valence-electron chi connectivity index (χ1n) is 6.23. The molecule has 4 heteroatoms. The van der Waals surface area contributed by atoms with E-state index in [1.54, 1.807) is 6.20 Å². The minimum absolute atomic E-state index is 0.217. The number of rotatable bonds is 7. The number of pyridine rings is 1. The summed E-state index contributed by atoms with van der Waals surface area (Å²) in [5, 5.41) is 3.34. The molecule has 0 amide bonds. The van der Waals surface area contributed by atoms with Gasteiger partial charge in [0.05, 0.1) is 6.61 Å². The van der Waals surface area contributed by atoms with E-state index in [0.717, 1.165) is 18.0 Å². The number of hydrogen-bond donors (Lipinski definition) is 2. The molecule has 96 valence electrons. The highest BCUT2D eigenvalue weighted by atomic mass is 16.5. The van der Waals surface area contributed by atoms with Gasteiger partial charge < -0.3 is 15.8 Å². The van der Waals surface area contributed by atoms with Gasteiger partial charge >= 0.3 is 0 Å². The van der Waals surface area contributed by atoms with Gasteiger partial charge in [-0.3, -0.25) is 0 Å². The number of nitrogens with one attached hydrogen (secondary N) is 1. The molecule has 1 heterocycles. The maximum absolute atomic E-state index is 5.74. The Labute approximate surface area is 104 Å². The second-order valence-corrected chi connectivity index (χ2v) is 4.43. The molecule has 0 fully saturated rings. The first-order valence-corrected chi connectivity index (χ1v) is 6.23. The molecule has 1 aromatic rings. The summed E-state index contributed by atoms with van der Waals surface area (Å²) in [4.78, 5) is 4.31. The zero-order valence-corrected chi connectivity index (χ0v) is 10.9. The largest absolute Gasteiger partial charge is 0.490 e. The van der Waals surface area contributed by atoms with E-state index in [9.17, 15) is 0 Å². The molecule has 0 spiro atoms. The Morgan fingerprint density at radius 3 is 2.82 bits per heavy atom. The summed E-state index contributed by atoms with van der Waals surface area (Å²) in [7, 11) is 0. The first-order chi connectivity index (χ1) is 8.19. The minimum atomic E-state index is 0.217. The molecule has 0 saturated carbocycles. The Morgan fingerprint density at radius 1 is 1.47 bits per heavy atom. The normalized spacial score (nSPS) is 12.5. The lowest BCUT2D eigenvalue weighted by atomic mass is 10.0. The molecule has 4 nitrogen and oxygen atoms in total. The van der Waals surface area contributed by atoms with Crippen molar-refractivity contribution in [2.45, 2.75) is 33.2 Å². The topological polar surface area (TPSA) is 60.2 Å². The van der Waals surface area contributed by atoms with Crippen LogP contribution in [0.2, 0.25) is 0 Å². The zero-order chi connectivity index (χ0) is 12.7. The van der Waals surface area contributed by atoms with E-state index in [4.69, 9.17) is 10.5 Å². The van der Waals surface area contributed by atoms with E-state index in [2.05, 4.69) is 31.1 Å². The van der Waals surface area contributed by atoms with Crippen LogP contribution in [0.15, 0.2) is 18.3 Å². The maximum atomic E-state index is 5.74. The molecule has 0 aliphatic carbocycles. The van der Waals surface area contributed by atoms with Crippen molar-refractivity contribution in [3.63, 3.8) is 0 Å². The number of nitrogens with zero attached hydrogens (tertiary/aromatic N) is 1. The lowest BCUT2D eigenvalue weighted by Gasteiger charge is -2.22. The lowest BCUT2D eigenvalue weighted by molar-refractivity contribution is 0.317. The molecule has 17 heavy (non-hydrogen) atoms. The van der Waals surface area contributed by atoms with Gasteiger partial charge in [-0.2, -0.15) is 0 Å². The molecule has 0 saturated heterocycles. The molecule has 0 aliphatic heterocycles. The SMILES string of the molecule is CCCOc1cccnc1NC(CN)C(C)C. The van der Waals surface area contributed by atoms with Crippen molar-refractivity contribution >= 4 is 5.82 Å². The van der Waals surface area contributed by atoms with Gasteiger partial charge in [-0.15, -0.1) is 0 Å². The van der Waals surface area contributed by atoms with Crippen LogP contribution in [0.5, 0.6) is 5.75 Å². The fourth-order valence-electron chi connectivity index (χ4n) is 1.50. The Balaban J connectivity index is 2.74. The summed E-state index contributed by atoms with van der Waals surface area (Å²) in [6, 6.07) is 4.02. The van der Waals surface area contributed by atoms with Crippen molar-refractivity contribution in [2.75, 3.05) is 18.5 Å².